The Hall–Kier alpha value is -3.53. The van der Waals surface area contributed by atoms with Crippen LogP contribution in [-0.4, -0.2) is 55.8 Å². The molecule has 9 nitrogen and oxygen atoms in total. The SMILES string of the molecule is COCC(=O)Oc1c(OC)ccnc1C(=O)N[C@@H](C)C(=O)OC1CCc2cc(F)ccc2C1. The molecule has 2 aromatic rings. The predicted octanol–water partition coefficient (Wildman–Crippen LogP) is 2.00. The predicted molar refractivity (Wildman–Crippen MR) is 114 cm³/mol. The van der Waals surface area contributed by atoms with Crippen molar-refractivity contribution in [2.45, 2.75) is 38.3 Å². The molecule has 1 N–H and O–H groups in total. The topological polar surface area (TPSA) is 113 Å². The minimum Gasteiger partial charge on any atom is -0.493 e. The van der Waals surface area contributed by atoms with Gasteiger partial charge in [0.2, 0.25) is 5.75 Å². The molecule has 1 aliphatic carbocycles. The number of hydrogen-bond donors (Lipinski definition) is 1. The second-order valence-electron chi connectivity index (χ2n) is 7.51. The molecule has 3 rings (SSSR count). The number of esters is 2. The lowest BCUT2D eigenvalue weighted by Gasteiger charge is -2.26. The molecular formula is C23H25FN2O7. The van der Waals surface area contributed by atoms with Crippen molar-refractivity contribution in [2.75, 3.05) is 20.8 Å². The summed E-state index contributed by atoms with van der Waals surface area (Å²) in [6.07, 6.45) is 2.55. The smallest absolute Gasteiger partial charge is 0.337 e. The Kier molecular flexibility index (Phi) is 7.94. The number of methoxy groups -OCH3 is 2. The summed E-state index contributed by atoms with van der Waals surface area (Å²) >= 11 is 0. The summed E-state index contributed by atoms with van der Waals surface area (Å²) in [5.74, 6) is -2.48. The third kappa shape index (κ3) is 6.04. The van der Waals surface area contributed by atoms with E-state index < -0.39 is 23.9 Å². The van der Waals surface area contributed by atoms with E-state index in [0.717, 1.165) is 11.1 Å². The summed E-state index contributed by atoms with van der Waals surface area (Å²) in [5.41, 5.74) is 1.61. The van der Waals surface area contributed by atoms with Crippen LogP contribution in [0.15, 0.2) is 30.5 Å². The maximum Gasteiger partial charge on any atom is 0.337 e. The fourth-order valence-corrected chi connectivity index (χ4v) is 3.49. The van der Waals surface area contributed by atoms with E-state index in [0.29, 0.717) is 19.3 Å². The van der Waals surface area contributed by atoms with Crippen molar-refractivity contribution in [2.24, 2.45) is 0 Å². The normalized spacial score (nSPS) is 15.7. The molecule has 1 amide bonds. The average Bonchev–Trinajstić information content (AvgIpc) is 2.79. The Morgan fingerprint density at radius 2 is 2.00 bits per heavy atom. The number of nitrogens with zero attached hydrogens (tertiary/aromatic N) is 1. The summed E-state index contributed by atoms with van der Waals surface area (Å²) < 4.78 is 34.0. The van der Waals surface area contributed by atoms with E-state index in [4.69, 9.17) is 18.9 Å². The van der Waals surface area contributed by atoms with Gasteiger partial charge in [-0.3, -0.25) is 4.79 Å². The number of benzene rings is 1. The van der Waals surface area contributed by atoms with Gasteiger partial charge in [-0.1, -0.05) is 6.07 Å². The van der Waals surface area contributed by atoms with Crippen LogP contribution >= 0.6 is 0 Å². The summed E-state index contributed by atoms with van der Waals surface area (Å²) in [4.78, 5) is 41.2. The lowest BCUT2D eigenvalue weighted by Crippen LogP contribution is -2.42. The number of nitrogens with one attached hydrogen (secondary N) is 1. The van der Waals surface area contributed by atoms with Crippen molar-refractivity contribution in [1.82, 2.24) is 10.3 Å². The summed E-state index contributed by atoms with van der Waals surface area (Å²) in [6, 6.07) is 4.99. The summed E-state index contributed by atoms with van der Waals surface area (Å²) in [6.45, 7) is 1.14. The molecule has 0 saturated carbocycles. The molecule has 1 aromatic carbocycles. The van der Waals surface area contributed by atoms with Crippen LogP contribution in [0.4, 0.5) is 4.39 Å². The largest absolute Gasteiger partial charge is 0.493 e. The molecule has 0 radical (unpaired) electrons. The Bertz CT molecular complexity index is 1040. The fraction of sp³-hybridized carbons (Fsp3) is 0.391. The van der Waals surface area contributed by atoms with Gasteiger partial charge >= 0.3 is 11.9 Å². The van der Waals surface area contributed by atoms with Crippen LogP contribution < -0.4 is 14.8 Å². The van der Waals surface area contributed by atoms with Crippen LogP contribution in [0.1, 0.15) is 35.0 Å². The quantitative estimate of drug-likeness (QED) is 0.596. The zero-order chi connectivity index (χ0) is 24.0. The van der Waals surface area contributed by atoms with Gasteiger partial charge in [-0.2, -0.15) is 0 Å². The van der Waals surface area contributed by atoms with Crippen molar-refractivity contribution in [1.29, 1.82) is 0 Å². The van der Waals surface area contributed by atoms with Crippen molar-refractivity contribution in [3.05, 3.63) is 53.1 Å². The third-order valence-electron chi connectivity index (χ3n) is 5.12. The standard InChI is InChI=1S/C23H25FN2O7/c1-13(23(29)32-17-7-5-14-10-16(24)6-4-15(14)11-17)26-22(28)20-21(33-19(27)12-30-2)18(31-3)8-9-25-20/h4,6,8-10,13,17H,5,7,11-12H2,1-3H3,(H,26,28)/t13-,17?/m0/s1. The molecule has 0 aliphatic heterocycles. The molecule has 1 aromatic heterocycles. The van der Waals surface area contributed by atoms with E-state index in [9.17, 15) is 18.8 Å². The number of hydrogen-bond acceptors (Lipinski definition) is 8. The number of halogens is 1. The fourth-order valence-electron chi connectivity index (χ4n) is 3.49. The van der Waals surface area contributed by atoms with E-state index in [-0.39, 0.29) is 35.7 Å². The van der Waals surface area contributed by atoms with E-state index in [1.807, 2.05) is 0 Å². The average molecular weight is 460 g/mol. The third-order valence-corrected chi connectivity index (χ3v) is 5.12. The molecular weight excluding hydrogens is 435 g/mol. The molecule has 1 unspecified atom stereocenters. The Labute approximate surface area is 190 Å². The number of fused-ring (bicyclic) bond motifs is 1. The van der Waals surface area contributed by atoms with Crippen molar-refractivity contribution in [3.63, 3.8) is 0 Å². The van der Waals surface area contributed by atoms with Crippen LogP contribution in [0.5, 0.6) is 11.5 Å². The lowest BCUT2D eigenvalue weighted by molar-refractivity contribution is -0.151. The van der Waals surface area contributed by atoms with Gasteiger partial charge in [0.15, 0.2) is 11.4 Å². The van der Waals surface area contributed by atoms with Crippen LogP contribution in [0, 0.1) is 5.82 Å². The van der Waals surface area contributed by atoms with Gasteiger partial charge in [-0.15, -0.1) is 0 Å². The molecule has 0 saturated heterocycles. The zero-order valence-corrected chi connectivity index (χ0v) is 18.6. The monoisotopic (exact) mass is 460 g/mol. The van der Waals surface area contributed by atoms with Gasteiger partial charge in [-0.05, 0) is 43.0 Å². The second kappa shape index (κ2) is 10.9. The maximum atomic E-state index is 13.4. The Morgan fingerprint density at radius 3 is 2.73 bits per heavy atom. The van der Waals surface area contributed by atoms with Gasteiger partial charge in [0.05, 0.1) is 7.11 Å². The van der Waals surface area contributed by atoms with Gasteiger partial charge in [-0.25, -0.2) is 19.0 Å². The second-order valence-corrected chi connectivity index (χ2v) is 7.51. The highest BCUT2D eigenvalue weighted by Crippen LogP contribution is 2.30. The molecule has 2 atom stereocenters. The van der Waals surface area contributed by atoms with Crippen LogP contribution in [0.25, 0.3) is 0 Å². The number of ether oxygens (including phenoxy) is 4. The van der Waals surface area contributed by atoms with Crippen molar-refractivity contribution >= 4 is 17.8 Å². The molecule has 0 fully saturated rings. The first-order valence-corrected chi connectivity index (χ1v) is 10.3. The van der Waals surface area contributed by atoms with Gasteiger partial charge in [0.1, 0.15) is 24.6 Å². The number of rotatable bonds is 8. The molecule has 10 heteroatoms. The number of amides is 1. The lowest BCUT2D eigenvalue weighted by atomic mass is 9.89. The highest BCUT2D eigenvalue weighted by atomic mass is 19.1. The maximum absolute atomic E-state index is 13.4. The number of aryl methyl sites for hydroxylation is 1. The first kappa shape index (κ1) is 24.1. The molecule has 0 spiro atoms. The highest BCUT2D eigenvalue weighted by molar-refractivity contribution is 5.98. The van der Waals surface area contributed by atoms with E-state index >= 15 is 0 Å². The van der Waals surface area contributed by atoms with Crippen molar-refractivity contribution in [3.8, 4) is 11.5 Å². The summed E-state index contributed by atoms with van der Waals surface area (Å²) in [5, 5.41) is 2.51. The molecule has 0 bridgehead atoms. The first-order chi connectivity index (χ1) is 15.8. The molecule has 1 aliphatic rings. The number of pyridine rings is 1. The molecule has 176 valence electrons. The van der Waals surface area contributed by atoms with Gasteiger partial charge in [0, 0.05) is 25.8 Å². The number of carbonyl (C=O) groups excluding carboxylic acids is 3. The van der Waals surface area contributed by atoms with Gasteiger partial charge in [0.25, 0.3) is 5.91 Å². The summed E-state index contributed by atoms with van der Waals surface area (Å²) in [7, 11) is 2.67. The number of aromatic nitrogens is 1. The van der Waals surface area contributed by atoms with Crippen LogP contribution in [0.3, 0.4) is 0 Å². The number of carbonyl (C=O) groups is 3. The molecule has 33 heavy (non-hydrogen) atoms. The Balaban J connectivity index is 1.65. The zero-order valence-electron chi connectivity index (χ0n) is 18.6. The molecule has 1 heterocycles. The van der Waals surface area contributed by atoms with Crippen molar-refractivity contribution < 1.29 is 37.7 Å². The van der Waals surface area contributed by atoms with E-state index in [1.165, 1.54) is 45.5 Å². The van der Waals surface area contributed by atoms with E-state index in [2.05, 4.69) is 10.3 Å². The van der Waals surface area contributed by atoms with Crippen LogP contribution in [-0.2, 0) is 31.9 Å². The Morgan fingerprint density at radius 1 is 1.21 bits per heavy atom. The minimum absolute atomic E-state index is 0.118. The first-order valence-electron chi connectivity index (χ1n) is 10.3. The highest BCUT2D eigenvalue weighted by Gasteiger charge is 2.28. The minimum atomic E-state index is -0.998. The van der Waals surface area contributed by atoms with Gasteiger partial charge < -0.3 is 24.3 Å². The van der Waals surface area contributed by atoms with Crippen LogP contribution in [0.2, 0.25) is 0 Å². The van der Waals surface area contributed by atoms with E-state index in [1.54, 1.807) is 6.07 Å².